The minimum Gasteiger partial charge on any atom is -0.493 e. The Kier molecular flexibility index (Phi) is 9.08. The lowest BCUT2D eigenvalue weighted by atomic mass is 10.2. The molecule has 0 fully saturated rings. The lowest BCUT2D eigenvalue weighted by molar-refractivity contribution is -0.111. The molecule has 0 aliphatic heterocycles. The molecule has 2 aromatic rings. The van der Waals surface area contributed by atoms with E-state index in [9.17, 15) is 13.2 Å². The summed E-state index contributed by atoms with van der Waals surface area (Å²) in [6, 6.07) is 11.5. The molecule has 0 heterocycles. The van der Waals surface area contributed by atoms with Gasteiger partial charge in [-0.3, -0.25) is 4.79 Å². The number of nitrogens with one attached hydrogen (secondary N) is 1. The standard InChI is InChI=1S/C23H30N2O5S/c1-5-15-25(16-6-2)31(27,28)20-11-9-19(10-12-20)24-23(26)14-8-18-7-13-21(29-3)22(17-18)30-4/h7-14,17H,5-6,15-16H2,1-4H3,(H,24,26)/b14-8+. The molecule has 0 radical (unpaired) electrons. The topological polar surface area (TPSA) is 84.9 Å². The van der Waals surface area contributed by atoms with Crippen molar-refractivity contribution in [1.82, 2.24) is 4.31 Å². The van der Waals surface area contributed by atoms with E-state index in [-0.39, 0.29) is 10.8 Å². The summed E-state index contributed by atoms with van der Waals surface area (Å²) in [6.07, 6.45) is 4.55. The molecule has 7 nitrogen and oxygen atoms in total. The molecule has 0 aliphatic rings. The predicted molar refractivity (Wildman–Crippen MR) is 123 cm³/mol. The number of sulfonamides is 1. The molecule has 168 valence electrons. The Labute approximate surface area is 184 Å². The fourth-order valence-corrected chi connectivity index (χ4v) is 4.65. The Morgan fingerprint density at radius 3 is 2.13 bits per heavy atom. The molecule has 0 aliphatic carbocycles. The summed E-state index contributed by atoms with van der Waals surface area (Å²) in [5.41, 5.74) is 1.29. The number of rotatable bonds is 11. The molecule has 8 heteroatoms. The van der Waals surface area contributed by atoms with Crippen LogP contribution < -0.4 is 14.8 Å². The smallest absolute Gasteiger partial charge is 0.248 e. The third kappa shape index (κ3) is 6.57. The number of nitrogens with zero attached hydrogens (tertiary/aromatic N) is 1. The first kappa shape index (κ1) is 24.4. The SMILES string of the molecule is CCCN(CCC)S(=O)(=O)c1ccc(NC(=O)/C=C/c2ccc(OC)c(OC)c2)cc1. The second-order valence-corrected chi connectivity index (χ2v) is 8.80. The number of methoxy groups -OCH3 is 2. The summed E-state index contributed by atoms with van der Waals surface area (Å²) in [4.78, 5) is 12.5. The zero-order valence-electron chi connectivity index (χ0n) is 18.4. The van der Waals surface area contributed by atoms with Crippen molar-refractivity contribution in [3.63, 3.8) is 0 Å². The van der Waals surface area contributed by atoms with Crippen molar-refractivity contribution in [2.24, 2.45) is 0 Å². The van der Waals surface area contributed by atoms with E-state index in [1.54, 1.807) is 44.6 Å². The van der Waals surface area contributed by atoms with Gasteiger partial charge in [0.2, 0.25) is 15.9 Å². The van der Waals surface area contributed by atoms with Gasteiger partial charge in [-0.2, -0.15) is 4.31 Å². The summed E-state index contributed by atoms with van der Waals surface area (Å²) in [5, 5.41) is 2.73. The number of anilines is 1. The maximum atomic E-state index is 12.8. The van der Waals surface area contributed by atoms with Gasteiger partial charge in [0.1, 0.15) is 0 Å². The van der Waals surface area contributed by atoms with Crippen LogP contribution in [0.3, 0.4) is 0 Å². The summed E-state index contributed by atoms with van der Waals surface area (Å²) in [6.45, 7) is 4.86. The highest BCUT2D eigenvalue weighted by Gasteiger charge is 2.22. The molecular formula is C23H30N2O5S. The Morgan fingerprint density at radius 2 is 1.58 bits per heavy atom. The van der Waals surface area contributed by atoms with E-state index in [0.717, 1.165) is 18.4 Å². The van der Waals surface area contributed by atoms with E-state index < -0.39 is 10.0 Å². The Balaban J connectivity index is 2.07. The van der Waals surface area contributed by atoms with Gasteiger partial charge in [0, 0.05) is 24.9 Å². The molecule has 0 saturated heterocycles. The van der Waals surface area contributed by atoms with Gasteiger partial charge < -0.3 is 14.8 Å². The van der Waals surface area contributed by atoms with Crippen LogP contribution in [0.25, 0.3) is 6.08 Å². The highest BCUT2D eigenvalue weighted by Crippen LogP contribution is 2.28. The second kappa shape index (κ2) is 11.5. The minimum absolute atomic E-state index is 0.216. The van der Waals surface area contributed by atoms with Gasteiger partial charge in [-0.25, -0.2) is 8.42 Å². The minimum atomic E-state index is -3.54. The third-order valence-corrected chi connectivity index (χ3v) is 6.45. The first-order chi connectivity index (χ1) is 14.8. The molecule has 1 N–H and O–H groups in total. The molecule has 0 aromatic heterocycles. The number of hydrogen-bond acceptors (Lipinski definition) is 5. The lowest BCUT2D eigenvalue weighted by Gasteiger charge is -2.21. The molecule has 0 atom stereocenters. The first-order valence-electron chi connectivity index (χ1n) is 10.2. The maximum Gasteiger partial charge on any atom is 0.248 e. The number of benzene rings is 2. The fraction of sp³-hybridized carbons (Fsp3) is 0.348. The van der Waals surface area contributed by atoms with Crippen LogP contribution in [0.1, 0.15) is 32.3 Å². The first-order valence-corrected chi connectivity index (χ1v) is 11.6. The normalized spacial score (nSPS) is 11.6. The van der Waals surface area contributed by atoms with E-state index >= 15 is 0 Å². The maximum absolute atomic E-state index is 12.8. The highest BCUT2D eigenvalue weighted by molar-refractivity contribution is 7.89. The van der Waals surface area contributed by atoms with Crippen LogP contribution in [0.4, 0.5) is 5.69 Å². The summed E-state index contributed by atoms with van der Waals surface area (Å²) in [5.74, 6) is 0.849. The third-order valence-electron chi connectivity index (χ3n) is 4.54. The van der Waals surface area contributed by atoms with Gasteiger partial charge in [0.05, 0.1) is 19.1 Å². The van der Waals surface area contributed by atoms with Gasteiger partial charge >= 0.3 is 0 Å². The van der Waals surface area contributed by atoms with Crippen LogP contribution >= 0.6 is 0 Å². The van der Waals surface area contributed by atoms with E-state index in [0.29, 0.717) is 30.3 Å². The van der Waals surface area contributed by atoms with Crippen molar-refractivity contribution in [2.75, 3.05) is 32.6 Å². The molecule has 1 amide bonds. The predicted octanol–water partition coefficient (Wildman–Crippen LogP) is 4.17. The average Bonchev–Trinajstić information content (AvgIpc) is 2.77. The lowest BCUT2D eigenvalue weighted by Crippen LogP contribution is -2.32. The van der Waals surface area contributed by atoms with Crippen LogP contribution in [-0.4, -0.2) is 45.9 Å². The Hall–Kier alpha value is -2.84. The molecular weight excluding hydrogens is 416 g/mol. The van der Waals surface area contributed by atoms with Crippen molar-refractivity contribution >= 4 is 27.7 Å². The quantitative estimate of drug-likeness (QED) is 0.524. The molecule has 31 heavy (non-hydrogen) atoms. The van der Waals surface area contributed by atoms with Crippen molar-refractivity contribution in [2.45, 2.75) is 31.6 Å². The van der Waals surface area contributed by atoms with Crippen LogP contribution in [0, 0.1) is 0 Å². The number of carbonyl (C=O) groups excluding carboxylic acids is 1. The van der Waals surface area contributed by atoms with Crippen molar-refractivity contribution < 1.29 is 22.7 Å². The van der Waals surface area contributed by atoms with Crippen LogP contribution in [0.2, 0.25) is 0 Å². The second-order valence-electron chi connectivity index (χ2n) is 6.87. The zero-order valence-corrected chi connectivity index (χ0v) is 19.2. The van der Waals surface area contributed by atoms with Gasteiger partial charge in [-0.05, 0) is 60.9 Å². The Morgan fingerprint density at radius 1 is 0.968 bits per heavy atom. The average molecular weight is 447 g/mol. The van der Waals surface area contributed by atoms with E-state index in [1.807, 2.05) is 19.9 Å². The van der Waals surface area contributed by atoms with Gasteiger partial charge in [-0.15, -0.1) is 0 Å². The summed E-state index contributed by atoms with van der Waals surface area (Å²) < 4.78 is 37.6. The van der Waals surface area contributed by atoms with Gasteiger partial charge in [0.15, 0.2) is 11.5 Å². The molecule has 2 aromatic carbocycles. The summed E-state index contributed by atoms with van der Waals surface area (Å²) in [7, 11) is -0.439. The number of amides is 1. The zero-order chi connectivity index (χ0) is 22.9. The number of carbonyl (C=O) groups is 1. The van der Waals surface area contributed by atoms with E-state index in [1.165, 1.54) is 22.5 Å². The molecule has 0 bridgehead atoms. The van der Waals surface area contributed by atoms with E-state index in [4.69, 9.17) is 9.47 Å². The Bertz CT molecular complexity index is 995. The van der Waals surface area contributed by atoms with Crippen LogP contribution in [0.5, 0.6) is 11.5 Å². The number of ether oxygens (including phenoxy) is 2. The number of hydrogen-bond donors (Lipinski definition) is 1. The van der Waals surface area contributed by atoms with Crippen LogP contribution in [0.15, 0.2) is 53.4 Å². The molecule has 0 saturated carbocycles. The van der Waals surface area contributed by atoms with Crippen molar-refractivity contribution in [1.29, 1.82) is 0 Å². The van der Waals surface area contributed by atoms with Gasteiger partial charge in [-0.1, -0.05) is 19.9 Å². The molecule has 2 rings (SSSR count). The largest absolute Gasteiger partial charge is 0.493 e. The van der Waals surface area contributed by atoms with Crippen LogP contribution in [-0.2, 0) is 14.8 Å². The van der Waals surface area contributed by atoms with Crippen molar-refractivity contribution in [3.05, 3.63) is 54.1 Å². The summed E-state index contributed by atoms with van der Waals surface area (Å²) >= 11 is 0. The van der Waals surface area contributed by atoms with Gasteiger partial charge in [0.25, 0.3) is 0 Å². The molecule has 0 spiro atoms. The molecule has 0 unspecified atom stereocenters. The fourth-order valence-electron chi connectivity index (χ4n) is 3.02. The highest BCUT2D eigenvalue weighted by atomic mass is 32.2. The monoisotopic (exact) mass is 446 g/mol. The van der Waals surface area contributed by atoms with E-state index in [2.05, 4.69) is 5.32 Å². The van der Waals surface area contributed by atoms with Crippen molar-refractivity contribution in [3.8, 4) is 11.5 Å².